The fourth-order valence-corrected chi connectivity index (χ4v) is 0.347. The smallest absolute Gasteiger partial charge is 0.194 e. The fourth-order valence-electron chi connectivity index (χ4n) is 0.174. The van der Waals surface area contributed by atoms with Crippen molar-refractivity contribution >= 4 is 11.6 Å². The summed E-state index contributed by atoms with van der Waals surface area (Å²) in [6.45, 7) is 1.13. The molecule has 0 nitrogen and oxygen atoms in total. The van der Waals surface area contributed by atoms with Crippen LogP contribution < -0.4 is 0 Å². The van der Waals surface area contributed by atoms with Gasteiger partial charge in [-0.25, -0.2) is 8.78 Å². The van der Waals surface area contributed by atoms with Gasteiger partial charge in [-0.05, 0) is 13.0 Å². The first-order valence-electron chi connectivity index (χ1n) is 1.75. The lowest BCUT2D eigenvalue weighted by Gasteiger charge is -1.84. The summed E-state index contributed by atoms with van der Waals surface area (Å²) in [6.07, 6.45) is 0.682. The van der Waals surface area contributed by atoms with Crippen molar-refractivity contribution in [3.63, 3.8) is 0 Å². The number of alkyl halides is 2. The van der Waals surface area contributed by atoms with E-state index in [1.54, 1.807) is 0 Å². The van der Waals surface area contributed by atoms with Crippen molar-refractivity contribution in [3.8, 4) is 0 Å². The molecule has 1 atom stereocenters. The van der Waals surface area contributed by atoms with Gasteiger partial charge in [0.1, 0.15) is 0 Å². The lowest BCUT2D eigenvalue weighted by atomic mass is 10.5. The number of allylic oxidation sites excluding steroid dienone is 2. The summed E-state index contributed by atoms with van der Waals surface area (Å²) < 4.78 is 22.9. The van der Waals surface area contributed by atoms with Crippen molar-refractivity contribution in [2.45, 2.75) is 12.6 Å². The molecule has 3 heteroatoms. The van der Waals surface area contributed by atoms with Crippen LogP contribution in [-0.4, -0.2) is 5.63 Å². The van der Waals surface area contributed by atoms with E-state index in [1.165, 1.54) is 0 Å². The highest BCUT2D eigenvalue weighted by Gasteiger charge is 1.92. The first-order valence-corrected chi connectivity index (χ1v) is 2.18. The molecule has 0 saturated heterocycles. The normalized spacial score (nSPS) is 16.9. The van der Waals surface area contributed by atoms with Crippen LogP contribution in [-0.2, 0) is 0 Å². The molecule has 1 unspecified atom stereocenters. The van der Waals surface area contributed by atoms with Gasteiger partial charge in [0.05, 0.1) is 5.83 Å². The van der Waals surface area contributed by atoms with E-state index in [0.717, 1.165) is 6.92 Å². The molecule has 0 fully saturated rings. The second kappa shape index (κ2) is 2.97. The zero-order valence-electron chi connectivity index (χ0n) is 3.79. The highest BCUT2D eigenvalue weighted by Crippen LogP contribution is 2.03. The summed E-state index contributed by atoms with van der Waals surface area (Å²) in [7, 11) is 0. The Kier molecular flexibility index (Phi) is 2.92. The third-order valence-electron chi connectivity index (χ3n) is 0.356. The molecule has 0 aliphatic heterocycles. The Bertz CT molecular complexity index is 73.8. The Morgan fingerprint density at radius 3 is 2.29 bits per heavy atom. The Morgan fingerprint density at radius 2 is 2.29 bits per heavy atom. The molecule has 0 saturated carbocycles. The summed E-state index contributed by atoms with van der Waals surface area (Å²) in [5, 5.41) is 0. The Labute approximate surface area is 45.8 Å². The minimum atomic E-state index is -1.69. The zero-order valence-corrected chi connectivity index (χ0v) is 4.54. The van der Waals surface area contributed by atoms with Crippen molar-refractivity contribution < 1.29 is 8.78 Å². The lowest BCUT2D eigenvalue weighted by Crippen LogP contribution is -1.78. The molecular formula is C4H5ClF2. The molecule has 42 valence electrons. The molecule has 0 aromatic carbocycles. The van der Waals surface area contributed by atoms with Gasteiger partial charge in [-0.2, -0.15) is 0 Å². The van der Waals surface area contributed by atoms with E-state index >= 15 is 0 Å². The summed E-state index contributed by atoms with van der Waals surface area (Å²) in [5.41, 5.74) is -1.69. The Hall–Kier alpha value is -0.110. The second-order valence-corrected chi connectivity index (χ2v) is 1.50. The molecule has 7 heavy (non-hydrogen) atoms. The maximum Gasteiger partial charge on any atom is 0.194 e. The zero-order chi connectivity index (χ0) is 5.86. The average Bonchev–Trinajstić information content (AvgIpc) is 1.27. The van der Waals surface area contributed by atoms with Crippen molar-refractivity contribution in [3.05, 3.63) is 11.9 Å². The highest BCUT2D eigenvalue weighted by molar-refractivity contribution is 6.20. The summed E-state index contributed by atoms with van der Waals surface area (Å²) >= 11 is 4.69. The molecule has 0 aromatic heterocycles. The molecule has 0 aliphatic rings. The molecule has 0 aromatic rings. The van der Waals surface area contributed by atoms with Gasteiger partial charge in [-0.15, -0.1) is 0 Å². The van der Waals surface area contributed by atoms with Crippen LogP contribution in [0.4, 0.5) is 8.78 Å². The van der Waals surface area contributed by atoms with Gasteiger partial charge in [-0.3, -0.25) is 0 Å². The first kappa shape index (κ1) is 6.89. The maximum absolute atomic E-state index is 11.5. The van der Waals surface area contributed by atoms with Gasteiger partial charge in [-0.1, -0.05) is 11.6 Å². The average molecular weight is 127 g/mol. The van der Waals surface area contributed by atoms with Crippen molar-refractivity contribution in [1.82, 2.24) is 0 Å². The van der Waals surface area contributed by atoms with Gasteiger partial charge in [0.2, 0.25) is 0 Å². The molecule has 0 spiro atoms. The van der Waals surface area contributed by atoms with Gasteiger partial charge in [0, 0.05) is 0 Å². The van der Waals surface area contributed by atoms with Crippen LogP contribution in [0.5, 0.6) is 0 Å². The minimum absolute atomic E-state index is 0.595. The Morgan fingerprint density at radius 1 is 1.86 bits per heavy atom. The van der Waals surface area contributed by atoms with Gasteiger partial charge in [0.25, 0.3) is 0 Å². The van der Waals surface area contributed by atoms with Crippen LogP contribution in [0.2, 0.25) is 0 Å². The third-order valence-corrected chi connectivity index (χ3v) is 0.482. The van der Waals surface area contributed by atoms with E-state index in [9.17, 15) is 8.78 Å². The lowest BCUT2D eigenvalue weighted by molar-refractivity contribution is 0.498. The van der Waals surface area contributed by atoms with Crippen molar-refractivity contribution in [1.29, 1.82) is 0 Å². The molecular weight excluding hydrogens is 121 g/mol. The molecule has 0 N–H and O–H groups in total. The van der Waals surface area contributed by atoms with Crippen LogP contribution in [0.25, 0.3) is 0 Å². The van der Waals surface area contributed by atoms with Crippen LogP contribution in [0, 0.1) is 0 Å². The predicted octanol–water partition coefficient (Wildman–Crippen LogP) is 2.39. The number of rotatable bonds is 1. The van der Waals surface area contributed by atoms with Crippen LogP contribution in [0.15, 0.2) is 11.9 Å². The monoisotopic (exact) mass is 126 g/mol. The SMILES string of the molecule is CC(F)=CC(F)Cl. The fraction of sp³-hybridized carbons (Fsp3) is 0.500. The molecule has 0 radical (unpaired) electrons. The second-order valence-electron chi connectivity index (χ2n) is 1.09. The summed E-state index contributed by atoms with van der Waals surface area (Å²) in [5.74, 6) is -0.595. The maximum atomic E-state index is 11.5. The van der Waals surface area contributed by atoms with Crippen molar-refractivity contribution in [2.75, 3.05) is 0 Å². The topological polar surface area (TPSA) is 0 Å². The molecule has 0 aliphatic carbocycles. The van der Waals surface area contributed by atoms with E-state index in [4.69, 9.17) is 0 Å². The van der Waals surface area contributed by atoms with Crippen molar-refractivity contribution in [2.24, 2.45) is 0 Å². The first-order chi connectivity index (χ1) is 3.13. The summed E-state index contributed by atoms with van der Waals surface area (Å²) in [6, 6.07) is 0. The van der Waals surface area contributed by atoms with Crippen LogP contribution >= 0.6 is 11.6 Å². The molecule has 0 heterocycles. The number of hydrogen-bond donors (Lipinski definition) is 0. The summed E-state index contributed by atoms with van der Waals surface area (Å²) in [4.78, 5) is 0. The Balaban J connectivity index is 3.45. The standard InChI is InChI=1S/C4H5ClF2/c1-3(6)2-4(5)7/h2,4H,1H3. The van der Waals surface area contributed by atoms with Gasteiger partial charge in [0.15, 0.2) is 5.63 Å². The van der Waals surface area contributed by atoms with E-state index in [-0.39, 0.29) is 0 Å². The van der Waals surface area contributed by atoms with E-state index < -0.39 is 11.5 Å². The molecule has 0 bridgehead atoms. The van der Waals surface area contributed by atoms with Crippen LogP contribution in [0.3, 0.4) is 0 Å². The predicted molar refractivity (Wildman–Crippen MR) is 25.6 cm³/mol. The van der Waals surface area contributed by atoms with E-state index in [2.05, 4.69) is 11.6 Å². The van der Waals surface area contributed by atoms with Crippen LogP contribution in [0.1, 0.15) is 6.92 Å². The highest BCUT2D eigenvalue weighted by atomic mass is 35.5. The number of hydrogen-bond acceptors (Lipinski definition) is 0. The number of halogens is 3. The molecule has 0 rings (SSSR count). The third kappa shape index (κ3) is 5.89. The quantitative estimate of drug-likeness (QED) is 0.474. The van der Waals surface area contributed by atoms with Gasteiger partial charge >= 0.3 is 0 Å². The van der Waals surface area contributed by atoms with E-state index in [0.29, 0.717) is 6.08 Å². The van der Waals surface area contributed by atoms with E-state index in [1.807, 2.05) is 0 Å². The molecule has 0 amide bonds. The van der Waals surface area contributed by atoms with Gasteiger partial charge < -0.3 is 0 Å². The minimum Gasteiger partial charge on any atom is -0.225 e. The largest absolute Gasteiger partial charge is 0.225 e.